The molecule has 1 aromatic heterocycles. The number of hydrogen-bond donors (Lipinski definition) is 4. The Hall–Kier alpha value is -1.21. The van der Waals surface area contributed by atoms with E-state index < -0.39 is 0 Å². The maximum Gasteiger partial charge on any atom is 0.273 e. The van der Waals surface area contributed by atoms with E-state index in [1.165, 1.54) is 0 Å². The van der Waals surface area contributed by atoms with Crippen LogP contribution in [0.5, 0.6) is 0 Å². The molecular formula is C11H20N4O2S. The summed E-state index contributed by atoms with van der Waals surface area (Å²) in [6.07, 6.45) is 1.51. The lowest BCUT2D eigenvalue weighted by Gasteiger charge is -2.03. The summed E-state index contributed by atoms with van der Waals surface area (Å²) in [5.74, 6) is 1.47. The maximum absolute atomic E-state index is 11.8. The third-order valence-electron chi connectivity index (χ3n) is 2.43. The molecule has 7 heteroatoms. The highest BCUT2D eigenvalue weighted by Crippen LogP contribution is 2.13. The monoisotopic (exact) mass is 272 g/mol. The topological polar surface area (TPSA) is 104 Å². The Labute approximate surface area is 111 Å². The van der Waals surface area contributed by atoms with Gasteiger partial charge in [0.1, 0.15) is 0 Å². The van der Waals surface area contributed by atoms with Gasteiger partial charge in [-0.05, 0) is 18.6 Å². The molecule has 0 spiro atoms. The molecule has 1 heterocycles. The van der Waals surface area contributed by atoms with Crippen LogP contribution in [-0.2, 0) is 6.42 Å². The molecule has 6 nitrogen and oxygen atoms in total. The molecule has 0 saturated carbocycles. The molecule has 5 N–H and O–H groups in total. The average Bonchev–Trinajstić information content (AvgIpc) is 2.74. The number of aromatic amines is 1. The Morgan fingerprint density at radius 1 is 1.56 bits per heavy atom. The van der Waals surface area contributed by atoms with Gasteiger partial charge in [0.25, 0.3) is 5.91 Å². The normalized spacial score (nSPS) is 10.6. The van der Waals surface area contributed by atoms with Gasteiger partial charge >= 0.3 is 0 Å². The van der Waals surface area contributed by atoms with Gasteiger partial charge in [0.2, 0.25) is 0 Å². The molecule has 0 aromatic carbocycles. The highest BCUT2D eigenvalue weighted by molar-refractivity contribution is 7.99. The van der Waals surface area contributed by atoms with Crippen molar-refractivity contribution in [1.82, 2.24) is 15.5 Å². The molecule has 0 aliphatic heterocycles. The highest BCUT2D eigenvalue weighted by Gasteiger charge is 2.15. The van der Waals surface area contributed by atoms with Crippen molar-refractivity contribution in [2.45, 2.75) is 19.8 Å². The molecule has 0 saturated heterocycles. The molecule has 0 atom stereocenters. The highest BCUT2D eigenvalue weighted by atomic mass is 32.2. The van der Waals surface area contributed by atoms with Crippen molar-refractivity contribution in [2.24, 2.45) is 0 Å². The van der Waals surface area contributed by atoms with E-state index >= 15 is 0 Å². The fourth-order valence-corrected chi connectivity index (χ4v) is 2.20. The fraction of sp³-hybridized carbons (Fsp3) is 0.636. The van der Waals surface area contributed by atoms with Gasteiger partial charge in [0, 0.05) is 18.9 Å². The van der Waals surface area contributed by atoms with Crippen LogP contribution in [-0.4, -0.2) is 45.9 Å². The molecule has 1 aromatic rings. The van der Waals surface area contributed by atoms with Crippen molar-refractivity contribution in [1.29, 1.82) is 0 Å². The molecule has 102 valence electrons. The number of aromatic nitrogens is 2. The van der Waals surface area contributed by atoms with E-state index in [1.807, 2.05) is 6.92 Å². The minimum atomic E-state index is -0.244. The molecule has 18 heavy (non-hydrogen) atoms. The van der Waals surface area contributed by atoms with Crippen LogP contribution in [0.15, 0.2) is 0 Å². The van der Waals surface area contributed by atoms with E-state index in [4.69, 9.17) is 10.8 Å². The van der Waals surface area contributed by atoms with E-state index in [0.29, 0.717) is 12.2 Å². The summed E-state index contributed by atoms with van der Waals surface area (Å²) in [7, 11) is 0. The van der Waals surface area contributed by atoms with Crippen molar-refractivity contribution in [2.75, 3.05) is 30.4 Å². The van der Waals surface area contributed by atoms with Crippen molar-refractivity contribution in [3.05, 3.63) is 11.4 Å². The summed E-state index contributed by atoms with van der Waals surface area (Å²) in [6.45, 7) is 2.73. The zero-order chi connectivity index (χ0) is 13.4. The maximum atomic E-state index is 11.8. The molecule has 0 bridgehead atoms. The lowest BCUT2D eigenvalue weighted by molar-refractivity contribution is 0.0952. The Morgan fingerprint density at radius 2 is 2.33 bits per heavy atom. The number of hydrogen-bond acceptors (Lipinski definition) is 5. The Morgan fingerprint density at radius 3 is 2.94 bits per heavy atom. The van der Waals surface area contributed by atoms with Gasteiger partial charge in [-0.2, -0.15) is 16.9 Å². The van der Waals surface area contributed by atoms with Gasteiger partial charge in [-0.1, -0.05) is 6.92 Å². The summed E-state index contributed by atoms with van der Waals surface area (Å²) in [5.41, 5.74) is 7.29. The number of carbonyl (C=O) groups excluding carboxylic acids is 1. The van der Waals surface area contributed by atoms with E-state index in [0.717, 1.165) is 30.0 Å². The zero-order valence-electron chi connectivity index (χ0n) is 10.5. The van der Waals surface area contributed by atoms with Gasteiger partial charge in [0.05, 0.1) is 11.4 Å². The standard InChI is InChI=1S/C11H20N4O2S/c1-2-8-9(12)10(15-14-8)11(17)13-4-7-18-6-3-5-16/h16H,2-7,12H2,1H3,(H,13,17)(H,14,15). The summed E-state index contributed by atoms with van der Waals surface area (Å²) in [6, 6.07) is 0. The second-order valence-electron chi connectivity index (χ2n) is 3.76. The number of aryl methyl sites for hydroxylation is 1. The molecule has 0 fully saturated rings. The van der Waals surface area contributed by atoms with E-state index in [2.05, 4.69) is 15.5 Å². The number of anilines is 1. The number of nitrogens with one attached hydrogen (secondary N) is 2. The first kappa shape index (κ1) is 14.8. The van der Waals surface area contributed by atoms with E-state index in [1.54, 1.807) is 11.8 Å². The first-order valence-electron chi connectivity index (χ1n) is 6.00. The van der Waals surface area contributed by atoms with Crippen LogP contribution in [0.1, 0.15) is 29.5 Å². The van der Waals surface area contributed by atoms with Crippen LogP contribution in [0.4, 0.5) is 5.69 Å². The number of amides is 1. The number of H-pyrrole nitrogens is 1. The number of nitrogen functional groups attached to an aromatic ring is 1. The lowest BCUT2D eigenvalue weighted by atomic mass is 10.2. The Bertz CT molecular complexity index is 381. The van der Waals surface area contributed by atoms with Crippen LogP contribution in [0, 0.1) is 0 Å². The average molecular weight is 272 g/mol. The number of nitrogens with two attached hydrogens (primary N) is 1. The first-order valence-corrected chi connectivity index (χ1v) is 7.15. The third kappa shape index (κ3) is 4.23. The summed E-state index contributed by atoms with van der Waals surface area (Å²) < 4.78 is 0. The molecule has 0 unspecified atom stereocenters. The lowest BCUT2D eigenvalue weighted by Crippen LogP contribution is -2.27. The summed E-state index contributed by atoms with van der Waals surface area (Å²) >= 11 is 1.69. The van der Waals surface area contributed by atoms with Gasteiger partial charge in [-0.15, -0.1) is 0 Å². The number of thioether (sulfide) groups is 1. The molecular weight excluding hydrogens is 252 g/mol. The minimum absolute atomic E-state index is 0.211. The third-order valence-corrected chi connectivity index (χ3v) is 3.50. The van der Waals surface area contributed by atoms with Crippen LogP contribution in [0.25, 0.3) is 0 Å². The van der Waals surface area contributed by atoms with E-state index in [-0.39, 0.29) is 18.2 Å². The van der Waals surface area contributed by atoms with Gasteiger partial charge in [-0.25, -0.2) is 0 Å². The number of rotatable bonds is 8. The predicted octanol–water partition coefficient (Wildman–Crippen LogP) is 0.400. The van der Waals surface area contributed by atoms with Crippen LogP contribution < -0.4 is 11.1 Å². The van der Waals surface area contributed by atoms with Crippen LogP contribution >= 0.6 is 11.8 Å². The molecule has 1 rings (SSSR count). The quantitative estimate of drug-likeness (QED) is 0.513. The molecule has 0 aliphatic rings. The summed E-state index contributed by atoms with van der Waals surface area (Å²) in [5, 5.41) is 18.0. The number of nitrogens with zero attached hydrogens (tertiary/aromatic N) is 1. The predicted molar refractivity (Wildman–Crippen MR) is 73.7 cm³/mol. The van der Waals surface area contributed by atoms with Crippen LogP contribution in [0.2, 0.25) is 0 Å². The zero-order valence-corrected chi connectivity index (χ0v) is 11.3. The van der Waals surface area contributed by atoms with Gasteiger partial charge in [-0.3, -0.25) is 9.89 Å². The Balaban J connectivity index is 2.30. The molecule has 0 aliphatic carbocycles. The molecule has 1 amide bonds. The summed E-state index contributed by atoms with van der Waals surface area (Å²) in [4.78, 5) is 11.8. The van der Waals surface area contributed by atoms with Crippen molar-refractivity contribution in [3.63, 3.8) is 0 Å². The first-order chi connectivity index (χ1) is 8.70. The van der Waals surface area contributed by atoms with Crippen LogP contribution in [0.3, 0.4) is 0 Å². The smallest absolute Gasteiger partial charge is 0.273 e. The van der Waals surface area contributed by atoms with E-state index in [9.17, 15) is 4.79 Å². The Kier molecular flexibility index (Phi) is 6.59. The second-order valence-corrected chi connectivity index (χ2v) is 4.99. The van der Waals surface area contributed by atoms with Gasteiger partial charge < -0.3 is 16.2 Å². The minimum Gasteiger partial charge on any atom is -0.396 e. The number of aliphatic hydroxyl groups is 1. The SMILES string of the molecule is CCc1[nH]nc(C(=O)NCCSCCCO)c1N. The fourth-order valence-electron chi connectivity index (χ4n) is 1.42. The largest absolute Gasteiger partial charge is 0.396 e. The number of aliphatic hydroxyl groups excluding tert-OH is 1. The van der Waals surface area contributed by atoms with Crippen molar-refractivity contribution < 1.29 is 9.90 Å². The van der Waals surface area contributed by atoms with Gasteiger partial charge in [0.15, 0.2) is 5.69 Å². The number of carbonyl (C=O) groups is 1. The second kappa shape index (κ2) is 7.99. The van der Waals surface area contributed by atoms with Crippen molar-refractivity contribution in [3.8, 4) is 0 Å². The van der Waals surface area contributed by atoms with Crippen molar-refractivity contribution >= 4 is 23.4 Å². The molecule has 0 radical (unpaired) electrons.